The molecule has 0 amide bonds. The summed E-state index contributed by atoms with van der Waals surface area (Å²) in [6, 6.07) is 0. The zero-order valence-corrected chi connectivity index (χ0v) is 12.5. The number of fused-ring (bicyclic) bond motifs is 1. The number of hydrogen-bond donors (Lipinski definition) is 0. The van der Waals surface area contributed by atoms with Crippen molar-refractivity contribution in [3.8, 4) is 0 Å². The highest BCUT2D eigenvalue weighted by Gasteiger charge is 2.35. The van der Waals surface area contributed by atoms with Crippen LogP contribution in [0.5, 0.6) is 0 Å². The second-order valence-electron chi connectivity index (χ2n) is 6.33. The van der Waals surface area contributed by atoms with Gasteiger partial charge in [-0.15, -0.1) is 0 Å². The third-order valence-corrected chi connectivity index (χ3v) is 3.83. The summed E-state index contributed by atoms with van der Waals surface area (Å²) in [5.74, 6) is 1.34. The molecule has 19 heavy (non-hydrogen) atoms. The zero-order valence-electron chi connectivity index (χ0n) is 12.5. The maximum atomic E-state index is 12.0. The zero-order chi connectivity index (χ0) is 14.0. The number of ether oxygens (including phenoxy) is 1. The van der Waals surface area contributed by atoms with Crippen molar-refractivity contribution in [2.45, 2.75) is 59.0 Å². The maximum Gasteiger partial charge on any atom is 0.166 e. The van der Waals surface area contributed by atoms with Crippen LogP contribution in [0.25, 0.3) is 0 Å². The summed E-state index contributed by atoms with van der Waals surface area (Å²) in [6.45, 7) is 8.45. The molecule has 0 radical (unpaired) electrons. The van der Waals surface area contributed by atoms with Gasteiger partial charge in [0.15, 0.2) is 5.78 Å². The molecule has 104 valence electrons. The highest BCUT2D eigenvalue weighted by Crippen LogP contribution is 2.38. The van der Waals surface area contributed by atoms with Gasteiger partial charge in [0.2, 0.25) is 0 Å². The Bertz CT molecular complexity index is 464. The topological polar surface area (TPSA) is 26.3 Å². The average molecular weight is 260 g/mol. The molecule has 2 nitrogen and oxygen atoms in total. The third kappa shape index (κ3) is 3.37. The van der Waals surface area contributed by atoms with Gasteiger partial charge in [-0.05, 0) is 45.6 Å². The molecular formula is C17H24O2. The van der Waals surface area contributed by atoms with Gasteiger partial charge >= 0.3 is 0 Å². The van der Waals surface area contributed by atoms with Gasteiger partial charge in [0.1, 0.15) is 11.4 Å². The van der Waals surface area contributed by atoms with E-state index in [9.17, 15) is 4.79 Å². The van der Waals surface area contributed by atoms with Crippen molar-refractivity contribution in [1.29, 1.82) is 0 Å². The Morgan fingerprint density at radius 3 is 2.95 bits per heavy atom. The van der Waals surface area contributed by atoms with Gasteiger partial charge in [0, 0.05) is 12.8 Å². The number of hydrogen-bond acceptors (Lipinski definition) is 2. The van der Waals surface area contributed by atoms with Crippen molar-refractivity contribution in [3.05, 3.63) is 35.1 Å². The Kier molecular flexibility index (Phi) is 3.98. The molecule has 0 aromatic heterocycles. The van der Waals surface area contributed by atoms with E-state index >= 15 is 0 Å². The monoisotopic (exact) mass is 260 g/mol. The molecule has 2 aliphatic rings. The standard InChI is InChI=1S/C17H24O2/c1-12(2)6-5-8-17(4)9-7-14-15(18)10-13(3)11-16(14)19-17/h6-7,11,13H,5,8-10H2,1-4H3. The second kappa shape index (κ2) is 5.36. The highest BCUT2D eigenvalue weighted by atomic mass is 16.5. The van der Waals surface area contributed by atoms with Gasteiger partial charge in [-0.2, -0.15) is 0 Å². The van der Waals surface area contributed by atoms with Crippen LogP contribution in [-0.4, -0.2) is 11.4 Å². The van der Waals surface area contributed by atoms with E-state index in [1.54, 1.807) is 0 Å². The Morgan fingerprint density at radius 2 is 2.26 bits per heavy atom. The average Bonchev–Trinajstić information content (AvgIpc) is 2.26. The molecular weight excluding hydrogens is 236 g/mol. The van der Waals surface area contributed by atoms with Crippen LogP contribution in [-0.2, 0) is 9.53 Å². The summed E-state index contributed by atoms with van der Waals surface area (Å²) in [7, 11) is 0. The van der Waals surface area contributed by atoms with Crippen LogP contribution in [0.1, 0.15) is 53.4 Å². The summed E-state index contributed by atoms with van der Waals surface area (Å²) < 4.78 is 6.14. The quantitative estimate of drug-likeness (QED) is 0.706. The van der Waals surface area contributed by atoms with Gasteiger partial charge in [-0.25, -0.2) is 0 Å². The Labute approximate surface area is 116 Å². The molecule has 0 saturated heterocycles. The predicted octanol–water partition coefficient (Wildman–Crippen LogP) is 4.33. The summed E-state index contributed by atoms with van der Waals surface area (Å²) in [5.41, 5.74) is 1.98. The molecule has 0 aromatic carbocycles. The van der Waals surface area contributed by atoms with Crippen LogP contribution in [0, 0.1) is 5.92 Å². The fourth-order valence-corrected chi connectivity index (χ4v) is 2.69. The number of carbonyl (C=O) groups is 1. The molecule has 0 N–H and O–H groups in total. The lowest BCUT2D eigenvalue weighted by Gasteiger charge is -2.37. The minimum Gasteiger partial charge on any atom is -0.487 e. The van der Waals surface area contributed by atoms with Gasteiger partial charge in [-0.1, -0.05) is 24.6 Å². The van der Waals surface area contributed by atoms with Crippen LogP contribution in [0.2, 0.25) is 0 Å². The molecule has 2 unspecified atom stereocenters. The smallest absolute Gasteiger partial charge is 0.166 e. The van der Waals surface area contributed by atoms with Crippen molar-refractivity contribution in [3.63, 3.8) is 0 Å². The van der Waals surface area contributed by atoms with Crippen molar-refractivity contribution in [2.24, 2.45) is 5.92 Å². The highest BCUT2D eigenvalue weighted by molar-refractivity contribution is 6.00. The van der Waals surface area contributed by atoms with E-state index in [0.717, 1.165) is 30.6 Å². The summed E-state index contributed by atoms with van der Waals surface area (Å²) in [4.78, 5) is 12.0. The van der Waals surface area contributed by atoms with Crippen LogP contribution in [0.15, 0.2) is 35.1 Å². The lowest BCUT2D eigenvalue weighted by molar-refractivity contribution is -0.117. The normalized spacial score (nSPS) is 29.9. The molecule has 0 saturated carbocycles. The minimum absolute atomic E-state index is 0.168. The molecule has 2 atom stereocenters. The Balaban J connectivity index is 2.11. The minimum atomic E-state index is -0.168. The fourth-order valence-electron chi connectivity index (χ4n) is 2.69. The number of ketones is 1. The van der Waals surface area contributed by atoms with Crippen LogP contribution >= 0.6 is 0 Å². The van der Waals surface area contributed by atoms with Crippen molar-refractivity contribution >= 4 is 5.78 Å². The second-order valence-corrected chi connectivity index (χ2v) is 6.33. The van der Waals surface area contributed by atoms with E-state index in [4.69, 9.17) is 4.74 Å². The Hall–Kier alpha value is -1.31. The molecule has 2 heteroatoms. The summed E-state index contributed by atoms with van der Waals surface area (Å²) >= 11 is 0. The third-order valence-electron chi connectivity index (χ3n) is 3.83. The van der Waals surface area contributed by atoms with Crippen LogP contribution < -0.4 is 0 Å². The van der Waals surface area contributed by atoms with Gasteiger partial charge in [-0.3, -0.25) is 4.79 Å². The molecule has 0 spiro atoms. The van der Waals surface area contributed by atoms with Crippen LogP contribution in [0.3, 0.4) is 0 Å². The first kappa shape index (κ1) is 14.1. The van der Waals surface area contributed by atoms with Crippen LogP contribution in [0.4, 0.5) is 0 Å². The first-order chi connectivity index (χ1) is 8.89. The van der Waals surface area contributed by atoms with E-state index in [1.807, 2.05) is 0 Å². The van der Waals surface area contributed by atoms with E-state index in [-0.39, 0.29) is 11.4 Å². The van der Waals surface area contributed by atoms with E-state index in [2.05, 4.69) is 45.9 Å². The molecule has 1 heterocycles. The molecule has 1 aliphatic heterocycles. The molecule has 0 aromatic rings. The molecule has 1 aliphatic carbocycles. The first-order valence-electron chi connectivity index (χ1n) is 7.17. The molecule has 0 bridgehead atoms. The Morgan fingerprint density at radius 1 is 1.53 bits per heavy atom. The van der Waals surface area contributed by atoms with E-state index in [0.29, 0.717) is 12.3 Å². The number of Topliss-reactive ketones (excluding diaryl/α,β-unsaturated/α-hetero) is 1. The van der Waals surface area contributed by atoms with Crippen molar-refractivity contribution in [1.82, 2.24) is 0 Å². The first-order valence-corrected chi connectivity index (χ1v) is 7.17. The van der Waals surface area contributed by atoms with Gasteiger partial charge < -0.3 is 4.74 Å². The lowest BCUT2D eigenvalue weighted by Crippen LogP contribution is -2.34. The number of rotatable bonds is 3. The number of carbonyl (C=O) groups excluding carboxylic acids is 1. The van der Waals surface area contributed by atoms with Crippen molar-refractivity contribution < 1.29 is 9.53 Å². The molecule has 0 fully saturated rings. The summed E-state index contributed by atoms with van der Waals surface area (Å²) in [5, 5.41) is 0. The SMILES string of the molecule is CC(C)=CCCC1(C)CC=C2C(=O)CC(C)C=C2O1. The van der Waals surface area contributed by atoms with E-state index < -0.39 is 0 Å². The molecule has 2 rings (SSSR count). The maximum absolute atomic E-state index is 12.0. The fraction of sp³-hybridized carbons (Fsp3) is 0.588. The number of allylic oxidation sites excluding steroid dienone is 4. The van der Waals surface area contributed by atoms with Crippen molar-refractivity contribution in [2.75, 3.05) is 0 Å². The van der Waals surface area contributed by atoms with Gasteiger partial charge in [0.05, 0.1) is 5.57 Å². The lowest BCUT2D eigenvalue weighted by atomic mass is 9.85. The predicted molar refractivity (Wildman–Crippen MR) is 77.7 cm³/mol. The van der Waals surface area contributed by atoms with Gasteiger partial charge in [0.25, 0.3) is 0 Å². The summed E-state index contributed by atoms with van der Waals surface area (Å²) in [6.07, 6.45) is 9.89. The largest absolute Gasteiger partial charge is 0.487 e. The van der Waals surface area contributed by atoms with E-state index in [1.165, 1.54) is 5.57 Å².